The molecule has 0 amide bonds. The maximum absolute atomic E-state index is 11.8. The van der Waals surface area contributed by atoms with Crippen LogP contribution in [0.25, 0.3) is 28.2 Å². The number of halogens is 1. The van der Waals surface area contributed by atoms with Gasteiger partial charge in [0.15, 0.2) is 9.84 Å². The number of hydrogen-bond donors (Lipinski definition) is 1. The summed E-state index contributed by atoms with van der Waals surface area (Å²) in [4.78, 5) is 0.272. The molecule has 152 valence electrons. The fourth-order valence-electron chi connectivity index (χ4n) is 3.21. The number of hydrogen-bond acceptors (Lipinski definition) is 4. The van der Waals surface area contributed by atoms with Gasteiger partial charge < -0.3 is 5.32 Å². The summed E-state index contributed by atoms with van der Waals surface area (Å²) in [7, 11) is -1.39. The van der Waals surface area contributed by atoms with Gasteiger partial charge >= 0.3 is 0 Å². The predicted molar refractivity (Wildman–Crippen MR) is 122 cm³/mol. The third kappa shape index (κ3) is 4.10. The van der Waals surface area contributed by atoms with Gasteiger partial charge in [-0.25, -0.2) is 13.1 Å². The molecule has 1 N–H and O–H groups in total. The van der Waals surface area contributed by atoms with E-state index in [4.69, 9.17) is 16.7 Å². The lowest BCUT2D eigenvalue weighted by Gasteiger charge is -2.08. The summed E-state index contributed by atoms with van der Waals surface area (Å²) >= 11 is 6.06. The molecule has 0 aliphatic heterocycles. The second-order valence-electron chi connectivity index (χ2n) is 6.93. The zero-order chi connectivity index (χ0) is 21.3. The lowest BCUT2D eigenvalue weighted by molar-refractivity contribution is 0.602. The Kier molecular flexibility index (Phi) is 5.37. The fourth-order valence-corrected chi connectivity index (χ4v) is 3.97. The molecule has 4 aromatic rings. The van der Waals surface area contributed by atoms with Crippen molar-refractivity contribution < 1.29 is 8.42 Å². The van der Waals surface area contributed by atoms with E-state index < -0.39 is 9.84 Å². The van der Waals surface area contributed by atoms with Crippen molar-refractivity contribution in [3.8, 4) is 28.2 Å². The molecule has 1 aromatic heterocycles. The van der Waals surface area contributed by atoms with Gasteiger partial charge in [0.2, 0.25) is 0 Å². The molecule has 4 rings (SSSR count). The lowest BCUT2D eigenvalue weighted by Crippen LogP contribution is -2.01. The summed E-state index contributed by atoms with van der Waals surface area (Å²) in [5.41, 5.74) is 5.38. The van der Waals surface area contributed by atoms with E-state index in [1.165, 1.54) is 6.26 Å². The van der Waals surface area contributed by atoms with Crippen molar-refractivity contribution in [1.29, 1.82) is 0 Å². The number of anilines is 1. The Balaban J connectivity index is 1.87. The van der Waals surface area contributed by atoms with Crippen LogP contribution in [0.4, 0.5) is 5.69 Å². The molecule has 0 atom stereocenters. The molecule has 3 aromatic carbocycles. The fraction of sp³-hybridized carbons (Fsp3) is 0.0870. The van der Waals surface area contributed by atoms with Crippen molar-refractivity contribution in [2.75, 3.05) is 18.6 Å². The second-order valence-corrected chi connectivity index (χ2v) is 9.38. The van der Waals surface area contributed by atoms with Crippen LogP contribution in [0, 0.1) is 0 Å². The summed E-state index contributed by atoms with van der Waals surface area (Å²) < 4.78 is 25.4. The van der Waals surface area contributed by atoms with Crippen molar-refractivity contribution >= 4 is 27.1 Å². The van der Waals surface area contributed by atoms with E-state index in [0.717, 1.165) is 33.9 Å². The van der Waals surface area contributed by atoms with E-state index in [1.807, 2.05) is 66.3 Å². The highest BCUT2D eigenvalue weighted by molar-refractivity contribution is 7.90. The highest BCUT2D eigenvalue weighted by atomic mass is 35.5. The molecule has 30 heavy (non-hydrogen) atoms. The number of rotatable bonds is 5. The summed E-state index contributed by atoms with van der Waals surface area (Å²) in [6.45, 7) is 0. The highest BCUT2D eigenvalue weighted by Crippen LogP contribution is 2.30. The first-order chi connectivity index (χ1) is 14.3. The molecule has 0 bridgehead atoms. The maximum atomic E-state index is 11.8. The first-order valence-corrected chi connectivity index (χ1v) is 11.6. The molecule has 0 spiro atoms. The molecule has 7 heteroatoms. The Labute approximate surface area is 180 Å². The van der Waals surface area contributed by atoms with Crippen molar-refractivity contribution in [2.45, 2.75) is 4.90 Å². The van der Waals surface area contributed by atoms with Gasteiger partial charge in [-0.1, -0.05) is 35.9 Å². The molecule has 0 saturated carbocycles. The van der Waals surface area contributed by atoms with Gasteiger partial charge in [0, 0.05) is 35.1 Å². The molecule has 0 aliphatic carbocycles. The van der Waals surface area contributed by atoms with E-state index in [-0.39, 0.29) is 4.90 Å². The van der Waals surface area contributed by atoms with Crippen LogP contribution in [0.15, 0.2) is 83.8 Å². The van der Waals surface area contributed by atoms with E-state index in [2.05, 4.69) is 5.32 Å². The molecule has 0 unspecified atom stereocenters. The smallest absolute Gasteiger partial charge is 0.175 e. The van der Waals surface area contributed by atoms with Crippen molar-refractivity contribution in [3.05, 3.63) is 83.9 Å². The molecule has 0 radical (unpaired) electrons. The zero-order valence-corrected chi connectivity index (χ0v) is 18.1. The van der Waals surface area contributed by atoms with Gasteiger partial charge in [-0.05, 0) is 54.6 Å². The molecule has 0 aliphatic rings. The van der Waals surface area contributed by atoms with Crippen molar-refractivity contribution in [1.82, 2.24) is 9.78 Å². The van der Waals surface area contributed by atoms with Crippen LogP contribution in [0.2, 0.25) is 5.02 Å². The van der Waals surface area contributed by atoms with E-state index >= 15 is 0 Å². The molecule has 1 heterocycles. The molecule has 0 saturated heterocycles. The van der Waals surface area contributed by atoms with Crippen LogP contribution in [0.5, 0.6) is 0 Å². The van der Waals surface area contributed by atoms with Gasteiger partial charge in [-0.2, -0.15) is 5.10 Å². The topological polar surface area (TPSA) is 64.0 Å². The average Bonchev–Trinajstić information content (AvgIpc) is 3.19. The normalized spacial score (nSPS) is 11.4. The minimum Gasteiger partial charge on any atom is -0.388 e. The summed E-state index contributed by atoms with van der Waals surface area (Å²) in [5.74, 6) is 0. The van der Waals surface area contributed by atoms with Crippen LogP contribution in [-0.4, -0.2) is 31.5 Å². The Morgan fingerprint density at radius 3 is 2.23 bits per heavy atom. The van der Waals surface area contributed by atoms with Gasteiger partial charge in [-0.3, -0.25) is 0 Å². The van der Waals surface area contributed by atoms with Gasteiger partial charge in [0.05, 0.1) is 22.0 Å². The molecule has 5 nitrogen and oxygen atoms in total. The molecular formula is C23H20ClN3O2S. The average molecular weight is 438 g/mol. The summed E-state index contributed by atoms with van der Waals surface area (Å²) in [5, 5.41) is 8.62. The maximum Gasteiger partial charge on any atom is 0.175 e. The van der Waals surface area contributed by atoms with E-state index in [0.29, 0.717) is 5.02 Å². The Morgan fingerprint density at radius 2 is 1.60 bits per heavy atom. The van der Waals surface area contributed by atoms with E-state index in [1.54, 1.807) is 24.3 Å². The van der Waals surface area contributed by atoms with E-state index in [9.17, 15) is 8.42 Å². The number of nitrogens with zero attached hydrogens (tertiary/aromatic N) is 2. The first-order valence-electron chi connectivity index (χ1n) is 9.30. The van der Waals surface area contributed by atoms with Crippen LogP contribution >= 0.6 is 11.6 Å². The Hall–Kier alpha value is -3.09. The van der Waals surface area contributed by atoms with Gasteiger partial charge in [-0.15, -0.1) is 0 Å². The summed E-state index contributed by atoms with van der Waals surface area (Å²) in [6, 6.07) is 24.3. The van der Waals surface area contributed by atoms with Crippen LogP contribution in [0.1, 0.15) is 0 Å². The first kappa shape index (κ1) is 20.2. The van der Waals surface area contributed by atoms with Gasteiger partial charge in [0.25, 0.3) is 0 Å². The quantitative estimate of drug-likeness (QED) is 0.459. The van der Waals surface area contributed by atoms with Crippen LogP contribution < -0.4 is 5.32 Å². The Bertz CT molecular complexity index is 1300. The third-order valence-corrected chi connectivity index (χ3v) is 6.19. The minimum absolute atomic E-state index is 0.272. The number of benzene rings is 3. The number of aromatic nitrogens is 2. The van der Waals surface area contributed by atoms with Crippen LogP contribution in [-0.2, 0) is 9.84 Å². The Morgan fingerprint density at radius 1 is 0.900 bits per heavy atom. The monoisotopic (exact) mass is 437 g/mol. The number of sulfone groups is 1. The van der Waals surface area contributed by atoms with Crippen LogP contribution in [0.3, 0.4) is 0 Å². The lowest BCUT2D eigenvalue weighted by atomic mass is 10.1. The molecular weight excluding hydrogens is 418 g/mol. The third-order valence-electron chi connectivity index (χ3n) is 4.81. The highest BCUT2D eigenvalue weighted by Gasteiger charge is 2.15. The van der Waals surface area contributed by atoms with Gasteiger partial charge in [0.1, 0.15) is 0 Å². The SMILES string of the molecule is CNc1cccc(-c2cc(-c3ccc(Cl)cc3)n(-c3ccc(S(C)(=O)=O)cc3)n2)c1. The standard InChI is InChI=1S/C23H20ClN3O2S/c1-25-19-5-3-4-17(14-19)22-15-23(16-6-8-18(24)9-7-16)27(26-22)20-10-12-21(13-11-20)30(2,28)29/h3-15,25H,1-2H3. The second kappa shape index (κ2) is 7.97. The summed E-state index contributed by atoms with van der Waals surface area (Å²) in [6.07, 6.45) is 1.20. The number of nitrogens with one attached hydrogen (secondary N) is 1. The van der Waals surface area contributed by atoms with Crippen molar-refractivity contribution in [3.63, 3.8) is 0 Å². The predicted octanol–water partition coefficient (Wildman–Crippen LogP) is 5.30. The molecule has 0 fully saturated rings. The largest absolute Gasteiger partial charge is 0.388 e. The minimum atomic E-state index is -3.27. The van der Waals surface area contributed by atoms with Crippen molar-refractivity contribution in [2.24, 2.45) is 0 Å². The zero-order valence-electron chi connectivity index (χ0n) is 16.5.